The predicted octanol–water partition coefficient (Wildman–Crippen LogP) is 3.25. The summed E-state index contributed by atoms with van der Waals surface area (Å²) in [5.74, 6) is -2.15. The van der Waals surface area contributed by atoms with Gasteiger partial charge in [-0.15, -0.1) is 0 Å². The summed E-state index contributed by atoms with van der Waals surface area (Å²) in [4.78, 5) is 61.5. The minimum absolute atomic E-state index is 0.00579. The molecule has 0 bridgehead atoms. The zero-order chi connectivity index (χ0) is 38.0. The smallest absolute Gasteiger partial charge is 0.408 e. The van der Waals surface area contributed by atoms with Gasteiger partial charge in [0.2, 0.25) is 11.8 Å². The number of carbonyl (C=O) groups excluding carboxylic acids is 4. The molecular weight excluding hydrogens is 691 g/mol. The van der Waals surface area contributed by atoms with Gasteiger partial charge in [0.15, 0.2) is 0 Å². The quantitative estimate of drug-likeness (QED) is 0.342. The van der Waals surface area contributed by atoms with Crippen LogP contribution in [0.4, 0.5) is 4.79 Å². The van der Waals surface area contributed by atoms with Crippen LogP contribution >= 0.6 is 0 Å². The molecule has 4 amide bonds. The van der Waals surface area contributed by atoms with Crippen LogP contribution in [0.5, 0.6) is 6.01 Å². The highest BCUT2D eigenvalue weighted by Gasteiger charge is 2.61. The highest BCUT2D eigenvalue weighted by atomic mass is 32.2. The lowest BCUT2D eigenvalue weighted by Crippen LogP contribution is -2.58. The number of hydrogen-bond donors (Lipinski definition) is 3. The monoisotopic (exact) mass is 743 g/mol. The van der Waals surface area contributed by atoms with E-state index in [1.165, 1.54) is 19.0 Å². The number of imidazole rings is 1. The van der Waals surface area contributed by atoms with Gasteiger partial charge in [0.05, 0.1) is 17.6 Å². The van der Waals surface area contributed by atoms with Gasteiger partial charge in [-0.1, -0.05) is 51.0 Å². The number of benzene rings is 1. The number of fused-ring (bicyclic) bond motifs is 3. The largest absolute Gasteiger partial charge is 0.459 e. The standard InChI is InChI=1S/C36H53N7O8S/c1-23(2)21-43-28-18-14-13-16-26(28)37-33(43)50-25-19-29-30(44)39-36(32(46)40-52(48,49)41(6)7)20-24(36)15-11-9-8-10-12-17-27(31(45)42(29)22-25)38-34(47)51-35(3,4)5/h11,13-16,18,23-25,27,29H,8-10,12,17,19-22H2,1-7H3,(H,38,47)(H,39,44)(H,40,46)/b15-11-/t24-,25-,27+,29+,36-/m1/s1. The zero-order valence-corrected chi connectivity index (χ0v) is 32.0. The molecule has 2 aromatic rings. The number of para-hydroxylation sites is 2. The van der Waals surface area contributed by atoms with Gasteiger partial charge < -0.3 is 25.0 Å². The van der Waals surface area contributed by atoms with E-state index in [4.69, 9.17) is 14.5 Å². The summed E-state index contributed by atoms with van der Waals surface area (Å²) in [7, 11) is -1.56. The summed E-state index contributed by atoms with van der Waals surface area (Å²) in [5, 5.41) is 5.60. The molecule has 1 saturated heterocycles. The maximum atomic E-state index is 14.5. The molecule has 0 unspecified atom stereocenters. The Morgan fingerprint density at radius 3 is 2.56 bits per heavy atom. The van der Waals surface area contributed by atoms with Crippen molar-refractivity contribution in [1.29, 1.82) is 0 Å². The maximum Gasteiger partial charge on any atom is 0.408 e. The highest BCUT2D eigenvalue weighted by molar-refractivity contribution is 7.87. The second-order valence-corrected chi connectivity index (χ2v) is 17.5. The SMILES string of the molecule is CC(C)Cn1c(O[C@@H]2C[C@H]3C(=O)N[C@]4(C(=O)NS(=O)(=O)N(C)C)C[C@H]4/C=C\CCCCC[C@H](NC(=O)OC(C)(C)C)C(=O)N3C2)nc2ccccc21. The summed E-state index contributed by atoms with van der Waals surface area (Å²) < 4.78 is 42.3. The van der Waals surface area contributed by atoms with Crippen molar-refractivity contribution in [3.05, 3.63) is 36.4 Å². The van der Waals surface area contributed by atoms with E-state index in [1.54, 1.807) is 20.8 Å². The van der Waals surface area contributed by atoms with Gasteiger partial charge in [0.1, 0.15) is 29.3 Å². The Kier molecular flexibility index (Phi) is 11.6. The van der Waals surface area contributed by atoms with Gasteiger partial charge >= 0.3 is 16.3 Å². The molecule has 1 aliphatic carbocycles. The van der Waals surface area contributed by atoms with Gasteiger partial charge in [0, 0.05) is 33.0 Å². The third-order valence-corrected chi connectivity index (χ3v) is 10.9. The molecule has 3 aliphatic rings. The third-order valence-electron chi connectivity index (χ3n) is 9.48. The number of carbonyl (C=O) groups is 4. The Hall–Kier alpha value is -4.18. The molecule has 52 heavy (non-hydrogen) atoms. The van der Waals surface area contributed by atoms with Crippen LogP contribution in [0.15, 0.2) is 36.4 Å². The van der Waals surface area contributed by atoms with Crippen LogP contribution in [0.2, 0.25) is 0 Å². The Labute approximate surface area is 306 Å². The first-order valence-electron chi connectivity index (χ1n) is 18.1. The van der Waals surface area contributed by atoms with E-state index in [0.717, 1.165) is 28.2 Å². The molecule has 0 spiro atoms. The fraction of sp³-hybridized carbons (Fsp3) is 0.639. The van der Waals surface area contributed by atoms with Gasteiger partial charge in [-0.05, 0) is 64.5 Å². The fourth-order valence-corrected chi connectivity index (χ4v) is 7.35. The first-order chi connectivity index (χ1) is 24.4. The summed E-state index contributed by atoms with van der Waals surface area (Å²) in [5.41, 5.74) is -0.701. The van der Waals surface area contributed by atoms with Crippen molar-refractivity contribution in [2.24, 2.45) is 11.8 Å². The molecule has 0 radical (unpaired) electrons. The molecule has 3 N–H and O–H groups in total. The van der Waals surface area contributed by atoms with Crippen LogP contribution in [0.1, 0.15) is 79.6 Å². The van der Waals surface area contributed by atoms with Crippen molar-refractivity contribution in [2.45, 2.75) is 115 Å². The first kappa shape index (κ1) is 39.0. The van der Waals surface area contributed by atoms with Gasteiger partial charge in [-0.3, -0.25) is 19.0 Å². The van der Waals surface area contributed by atoms with E-state index in [-0.39, 0.29) is 25.3 Å². The lowest BCUT2D eigenvalue weighted by molar-refractivity contribution is -0.141. The molecule has 1 aromatic heterocycles. The summed E-state index contributed by atoms with van der Waals surface area (Å²) in [6.45, 7) is 9.99. The Balaban J connectivity index is 1.49. The molecular formula is C36H53N7O8S. The highest BCUT2D eigenvalue weighted by Crippen LogP contribution is 2.46. The molecule has 3 heterocycles. The minimum atomic E-state index is -4.15. The van der Waals surface area contributed by atoms with Gasteiger partial charge in [-0.25, -0.2) is 9.52 Å². The number of aromatic nitrogens is 2. The Morgan fingerprint density at radius 1 is 1.13 bits per heavy atom. The second-order valence-electron chi connectivity index (χ2n) is 15.6. The van der Waals surface area contributed by atoms with E-state index >= 15 is 0 Å². The van der Waals surface area contributed by atoms with Crippen LogP contribution in [0.3, 0.4) is 0 Å². The van der Waals surface area contributed by atoms with Crippen molar-refractivity contribution >= 4 is 45.1 Å². The predicted molar refractivity (Wildman–Crippen MR) is 194 cm³/mol. The number of amides is 4. The number of hydrogen-bond acceptors (Lipinski definition) is 9. The number of allylic oxidation sites excluding steroid dienone is 1. The van der Waals surface area contributed by atoms with Gasteiger partial charge in [0.25, 0.3) is 11.9 Å². The van der Waals surface area contributed by atoms with Crippen molar-refractivity contribution in [2.75, 3.05) is 20.6 Å². The Morgan fingerprint density at radius 2 is 1.87 bits per heavy atom. The van der Waals surface area contributed by atoms with Crippen LogP contribution in [0.25, 0.3) is 11.0 Å². The number of rotatable bonds is 8. The fourth-order valence-electron chi connectivity index (χ4n) is 6.75. The van der Waals surface area contributed by atoms with Crippen molar-refractivity contribution in [3.8, 4) is 6.01 Å². The number of nitrogens with one attached hydrogen (secondary N) is 3. The van der Waals surface area contributed by atoms with Crippen molar-refractivity contribution in [3.63, 3.8) is 0 Å². The average molecular weight is 744 g/mol. The average Bonchev–Trinajstić information content (AvgIpc) is 3.40. The summed E-state index contributed by atoms with van der Waals surface area (Å²) in [6, 6.07) is 5.93. The zero-order valence-electron chi connectivity index (χ0n) is 31.2. The third kappa shape index (κ3) is 9.06. The summed E-state index contributed by atoms with van der Waals surface area (Å²) in [6.07, 6.45) is 5.80. The van der Waals surface area contributed by atoms with E-state index in [9.17, 15) is 27.6 Å². The Bertz CT molecular complexity index is 1800. The normalized spacial score (nSPS) is 26.5. The molecule has 286 valence electrons. The van der Waals surface area contributed by atoms with E-state index in [0.29, 0.717) is 31.8 Å². The molecule has 15 nitrogen and oxygen atoms in total. The number of ether oxygens (including phenoxy) is 2. The van der Waals surface area contributed by atoms with E-state index < -0.39 is 69.3 Å². The number of nitrogens with zero attached hydrogens (tertiary/aromatic N) is 4. The molecule has 16 heteroatoms. The molecule has 1 aromatic carbocycles. The molecule has 5 rings (SSSR count). The molecule has 2 fully saturated rings. The molecule has 2 aliphatic heterocycles. The topological polar surface area (TPSA) is 181 Å². The molecule has 5 atom stereocenters. The maximum absolute atomic E-state index is 14.5. The van der Waals surface area contributed by atoms with Crippen LogP contribution in [-0.4, -0.2) is 101 Å². The van der Waals surface area contributed by atoms with Crippen LogP contribution in [-0.2, 0) is 35.9 Å². The van der Waals surface area contributed by atoms with Crippen LogP contribution in [0, 0.1) is 11.8 Å². The lowest BCUT2D eigenvalue weighted by Gasteiger charge is -2.30. The van der Waals surface area contributed by atoms with E-state index in [2.05, 4.69) is 29.2 Å². The number of alkyl carbamates (subject to hydrolysis) is 1. The van der Waals surface area contributed by atoms with Crippen molar-refractivity contribution < 1.29 is 37.1 Å². The second kappa shape index (κ2) is 15.4. The van der Waals surface area contributed by atoms with Gasteiger partial charge in [-0.2, -0.15) is 17.7 Å². The van der Waals surface area contributed by atoms with E-state index in [1.807, 2.05) is 41.0 Å². The van der Waals surface area contributed by atoms with Crippen LogP contribution < -0.4 is 20.1 Å². The molecule has 1 saturated carbocycles. The van der Waals surface area contributed by atoms with Crippen molar-refractivity contribution in [1.82, 2.24) is 34.1 Å². The lowest BCUT2D eigenvalue weighted by atomic mass is 10.0. The summed E-state index contributed by atoms with van der Waals surface area (Å²) >= 11 is 0. The first-order valence-corrected chi connectivity index (χ1v) is 19.5. The minimum Gasteiger partial charge on any atom is -0.459 e.